The number of hydrogen-bond acceptors (Lipinski definition) is 6. The lowest BCUT2D eigenvalue weighted by Gasteiger charge is -2.26. The van der Waals surface area contributed by atoms with E-state index in [1.165, 1.54) is 22.5 Å². The first-order valence-electron chi connectivity index (χ1n) is 10.7. The molecule has 0 atom stereocenters. The maximum atomic E-state index is 13.6. The maximum absolute atomic E-state index is 13.6. The predicted molar refractivity (Wildman–Crippen MR) is 130 cm³/mol. The summed E-state index contributed by atoms with van der Waals surface area (Å²) in [5.41, 5.74) is 0.908. The Kier molecular flexibility index (Phi) is 6.88. The van der Waals surface area contributed by atoms with Crippen molar-refractivity contribution in [2.75, 3.05) is 0 Å². The Hall–Kier alpha value is -3.34. The summed E-state index contributed by atoms with van der Waals surface area (Å²) < 4.78 is 72.1. The van der Waals surface area contributed by atoms with Crippen molar-refractivity contribution in [1.82, 2.24) is 9.29 Å². The van der Waals surface area contributed by atoms with Crippen molar-refractivity contribution in [3.8, 4) is 5.75 Å². The highest BCUT2D eigenvalue weighted by Crippen LogP contribution is 2.28. The van der Waals surface area contributed by atoms with E-state index in [-0.39, 0.29) is 22.1 Å². The van der Waals surface area contributed by atoms with Crippen LogP contribution in [0.5, 0.6) is 5.75 Å². The van der Waals surface area contributed by atoms with E-state index < -0.39 is 32.0 Å². The standard InChI is InChI=1S/C25H23FN2O5S2/c1-18(2)28(34(29,30)24-10-4-7-20-8-5-15-27-25(20)24)17-19-6-3-9-22(16-19)33-35(31,32)23-13-11-21(26)12-14-23/h3-16,18H,17H2,1-2H3. The van der Waals surface area contributed by atoms with E-state index in [0.717, 1.165) is 24.3 Å². The Morgan fingerprint density at radius 2 is 1.60 bits per heavy atom. The molecular formula is C25H23FN2O5S2. The summed E-state index contributed by atoms with van der Waals surface area (Å²) in [6.45, 7) is 3.50. The van der Waals surface area contributed by atoms with E-state index in [9.17, 15) is 21.2 Å². The highest BCUT2D eigenvalue weighted by atomic mass is 32.2. The molecule has 4 aromatic rings. The number of halogens is 1. The number of aromatic nitrogens is 1. The summed E-state index contributed by atoms with van der Waals surface area (Å²) >= 11 is 0. The minimum Gasteiger partial charge on any atom is -0.379 e. The first-order valence-corrected chi connectivity index (χ1v) is 13.6. The molecule has 0 bridgehead atoms. The van der Waals surface area contributed by atoms with Crippen LogP contribution in [0.4, 0.5) is 4.39 Å². The third kappa shape index (κ3) is 5.34. The maximum Gasteiger partial charge on any atom is 0.339 e. The molecule has 7 nitrogen and oxygen atoms in total. The van der Waals surface area contributed by atoms with Crippen molar-refractivity contribution in [3.05, 3.63) is 96.4 Å². The Bertz CT molecular complexity index is 1570. The Morgan fingerprint density at radius 3 is 2.31 bits per heavy atom. The van der Waals surface area contributed by atoms with E-state index in [1.807, 2.05) is 0 Å². The molecule has 1 aromatic heterocycles. The van der Waals surface area contributed by atoms with E-state index in [4.69, 9.17) is 4.18 Å². The lowest BCUT2D eigenvalue weighted by Crippen LogP contribution is -2.36. The van der Waals surface area contributed by atoms with Gasteiger partial charge in [0.1, 0.15) is 21.4 Å². The summed E-state index contributed by atoms with van der Waals surface area (Å²) in [7, 11) is -8.14. The molecular weight excluding hydrogens is 491 g/mol. The van der Waals surface area contributed by atoms with Crippen LogP contribution in [0.2, 0.25) is 0 Å². The molecule has 0 aliphatic rings. The minimum atomic E-state index is -4.19. The van der Waals surface area contributed by atoms with Gasteiger partial charge in [-0.15, -0.1) is 0 Å². The first-order chi connectivity index (χ1) is 16.6. The molecule has 3 aromatic carbocycles. The van der Waals surface area contributed by atoms with Crippen molar-refractivity contribution in [3.63, 3.8) is 0 Å². The second-order valence-electron chi connectivity index (χ2n) is 8.11. The average molecular weight is 515 g/mol. The number of nitrogens with zero attached hydrogens (tertiary/aromatic N) is 2. The van der Waals surface area contributed by atoms with Crippen LogP contribution in [0.1, 0.15) is 19.4 Å². The van der Waals surface area contributed by atoms with Crippen LogP contribution in [0.15, 0.2) is 94.9 Å². The molecule has 1 heterocycles. The Balaban J connectivity index is 1.64. The van der Waals surface area contributed by atoms with Crippen LogP contribution >= 0.6 is 0 Å². The normalized spacial score (nSPS) is 12.4. The van der Waals surface area contributed by atoms with Crippen LogP contribution in [-0.2, 0) is 26.7 Å². The molecule has 0 aliphatic carbocycles. The summed E-state index contributed by atoms with van der Waals surface area (Å²) in [6.07, 6.45) is 1.55. The molecule has 10 heteroatoms. The summed E-state index contributed by atoms with van der Waals surface area (Å²) in [6, 6.07) is 18.6. The van der Waals surface area contributed by atoms with E-state index >= 15 is 0 Å². The number of rotatable bonds is 8. The summed E-state index contributed by atoms with van der Waals surface area (Å²) in [4.78, 5) is 4.17. The van der Waals surface area contributed by atoms with Gasteiger partial charge >= 0.3 is 10.1 Å². The van der Waals surface area contributed by atoms with Crippen LogP contribution in [-0.4, -0.2) is 32.2 Å². The SMILES string of the molecule is CC(C)N(Cc1cccc(OS(=O)(=O)c2ccc(F)cc2)c1)S(=O)(=O)c1cccc2cccnc12. The second-order valence-corrected chi connectivity index (χ2v) is 11.5. The zero-order valence-corrected chi connectivity index (χ0v) is 20.6. The molecule has 0 spiro atoms. The molecule has 0 unspecified atom stereocenters. The fraction of sp³-hybridized carbons (Fsp3) is 0.160. The van der Waals surface area contributed by atoms with Crippen LogP contribution in [0.3, 0.4) is 0 Å². The topological polar surface area (TPSA) is 93.6 Å². The average Bonchev–Trinajstić information content (AvgIpc) is 2.82. The molecule has 182 valence electrons. The smallest absolute Gasteiger partial charge is 0.339 e. The molecule has 0 radical (unpaired) electrons. The van der Waals surface area contributed by atoms with Gasteiger partial charge in [-0.25, -0.2) is 12.8 Å². The fourth-order valence-corrected chi connectivity index (χ4v) is 6.32. The highest BCUT2D eigenvalue weighted by molar-refractivity contribution is 7.89. The van der Waals surface area contributed by atoms with Crippen molar-refractivity contribution in [2.45, 2.75) is 36.2 Å². The van der Waals surface area contributed by atoms with Gasteiger partial charge < -0.3 is 4.18 Å². The molecule has 4 rings (SSSR count). The zero-order chi connectivity index (χ0) is 25.2. The van der Waals surface area contributed by atoms with Crippen LogP contribution < -0.4 is 4.18 Å². The van der Waals surface area contributed by atoms with Gasteiger partial charge in [0.25, 0.3) is 0 Å². The largest absolute Gasteiger partial charge is 0.379 e. The van der Waals surface area contributed by atoms with Gasteiger partial charge in [0, 0.05) is 24.2 Å². The highest BCUT2D eigenvalue weighted by Gasteiger charge is 2.29. The number of sulfonamides is 1. The molecule has 0 aliphatic heterocycles. The van der Waals surface area contributed by atoms with Gasteiger partial charge in [0.15, 0.2) is 0 Å². The van der Waals surface area contributed by atoms with Gasteiger partial charge in [-0.05, 0) is 67.9 Å². The van der Waals surface area contributed by atoms with Gasteiger partial charge in [0.2, 0.25) is 10.0 Å². The number of hydrogen-bond donors (Lipinski definition) is 0. The lowest BCUT2D eigenvalue weighted by atomic mass is 10.2. The Labute approximate surface area is 204 Å². The first kappa shape index (κ1) is 24.8. The molecule has 0 amide bonds. The third-order valence-electron chi connectivity index (χ3n) is 5.30. The van der Waals surface area contributed by atoms with E-state index in [2.05, 4.69) is 4.98 Å². The Morgan fingerprint density at radius 1 is 0.914 bits per heavy atom. The summed E-state index contributed by atoms with van der Waals surface area (Å²) in [5.74, 6) is -0.554. The van der Waals surface area contributed by atoms with Gasteiger partial charge in [-0.3, -0.25) is 4.98 Å². The minimum absolute atomic E-state index is 0.0137. The number of pyridine rings is 1. The summed E-state index contributed by atoms with van der Waals surface area (Å²) in [5, 5.41) is 0.707. The quantitative estimate of drug-likeness (QED) is 0.315. The van der Waals surface area contributed by atoms with E-state index in [0.29, 0.717) is 16.5 Å². The van der Waals surface area contributed by atoms with Crippen molar-refractivity contribution < 1.29 is 25.4 Å². The van der Waals surface area contributed by atoms with Crippen molar-refractivity contribution in [1.29, 1.82) is 0 Å². The van der Waals surface area contributed by atoms with Gasteiger partial charge in [-0.1, -0.05) is 30.3 Å². The number of fused-ring (bicyclic) bond motifs is 1. The van der Waals surface area contributed by atoms with Crippen molar-refractivity contribution in [2.24, 2.45) is 0 Å². The molecule has 35 heavy (non-hydrogen) atoms. The number of benzene rings is 3. The van der Waals surface area contributed by atoms with Gasteiger partial charge in [0.05, 0.1) is 5.52 Å². The monoisotopic (exact) mass is 514 g/mol. The molecule has 0 saturated heterocycles. The fourth-order valence-electron chi connectivity index (χ4n) is 3.61. The second kappa shape index (κ2) is 9.73. The molecule has 0 saturated carbocycles. The third-order valence-corrected chi connectivity index (χ3v) is 8.62. The molecule has 0 fully saturated rings. The van der Waals surface area contributed by atoms with E-state index in [1.54, 1.807) is 56.4 Å². The number of para-hydroxylation sites is 1. The lowest BCUT2D eigenvalue weighted by molar-refractivity contribution is 0.348. The zero-order valence-electron chi connectivity index (χ0n) is 19.0. The van der Waals surface area contributed by atoms with Crippen molar-refractivity contribution >= 4 is 31.0 Å². The molecule has 0 N–H and O–H groups in total. The van der Waals surface area contributed by atoms with Crippen LogP contribution in [0, 0.1) is 5.82 Å². The van der Waals surface area contributed by atoms with Crippen LogP contribution in [0.25, 0.3) is 10.9 Å². The van der Waals surface area contributed by atoms with Gasteiger partial charge in [-0.2, -0.15) is 12.7 Å². The predicted octanol–water partition coefficient (Wildman–Crippen LogP) is 4.74.